The zero-order chi connectivity index (χ0) is 18.3. The molecule has 0 saturated heterocycles. The lowest BCUT2D eigenvalue weighted by Crippen LogP contribution is -2.29. The van der Waals surface area contributed by atoms with Gasteiger partial charge >= 0.3 is 7.12 Å². The van der Waals surface area contributed by atoms with Gasteiger partial charge in [0.1, 0.15) is 0 Å². The van der Waals surface area contributed by atoms with Gasteiger partial charge in [0.2, 0.25) is 0 Å². The summed E-state index contributed by atoms with van der Waals surface area (Å²) in [6.45, 7) is 0. The van der Waals surface area contributed by atoms with Crippen molar-refractivity contribution in [3.8, 4) is 11.3 Å². The molecule has 0 amide bonds. The van der Waals surface area contributed by atoms with E-state index in [1.165, 1.54) is 17.3 Å². The van der Waals surface area contributed by atoms with Crippen LogP contribution in [-0.2, 0) is 12.8 Å². The molecular weight excluding hydrogens is 325 g/mol. The Hall–Kier alpha value is -2.70. The molecule has 0 radical (unpaired) electrons. The van der Waals surface area contributed by atoms with Crippen molar-refractivity contribution in [2.75, 3.05) is 5.73 Å². The number of aromatic nitrogens is 1. The monoisotopic (exact) mass is 345 g/mol. The number of rotatable bonds is 3. The van der Waals surface area contributed by atoms with Crippen molar-refractivity contribution >= 4 is 35.4 Å². The van der Waals surface area contributed by atoms with Crippen molar-refractivity contribution in [1.82, 2.24) is 4.98 Å². The van der Waals surface area contributed by atoms with Gasteiger partial charge in [-0.15, -0.1) is 0 Å². The first-order valence-electron chi connectivity index (χ1n) is 8.81. The summed E-state index contributed by atoms with van der Waals surface area (Å²) < 4.78 is 0. The summed E-state index contributed by atoms with van der Waals surface area (Å²) in [5.41, 5.74) is 13.1. The summed E-state index contributed by atoms with van der Waals surface area (Å²) in [6.07, 6.45) is 5.46. The quantitative estimate of drug-likeness (QED) is 0.331. The molecular formula is C20H20BN3O2. The molecule has 1 aromatic heterocycles. The minimum atomic E-state index is -1.47. The first kappa shape index (κ1) is 16.8. The second kappa shape index (κ2) is 6.55. The predicted octanol–water partition coefficient (Wildman–Crippen LogP) is 2.04. The SMILES string of the molecule is N=Cc1c(N)ccc2nc(-c3ccc(B(O)O)cc3)c3c(c12)CCCC3. The van der Waals surface area contributed by atoms with E-state index in [1.54, 1.807) is 18.2 Å². The molecule has 6 heteroatoms. The van der Waals surface area contributed by atoms with E-state index in [0.717, 1.165) is 53.4 Å². The second-order valence-electron chi connectivity index (χ2n) is 6.73. The van der Waals surface area contributed by atoms with Crippen LogP contribution in [0.4, 0.5) is 5.69 Å². The summed E-state index contributed by atoms with van der Waals surface area (Å²) in [5, 5.41) is 27.4. The first-order valence-corrected chi connectivity index (χ1v) is 8.81. The van der Waals surface area contributed by atoms with E-state index in [-0.39, 0.29) is 0 Å². The highest BCUT2D eigenvalue weighted by Crippen LogP contribution is 2.37. The maximum absolute atomic E-state index is 9.31. The second-order valence-corrected chi connectivity index (χ2v) is 6.73. The molecule has 130 valence electrons. The van der Waals surface area contributed by atoms with Crippen molar-refractivity contribution in [1.29, 1.82) is 5.41 Å². The molecule has 1 aliphatic carbocycles. The number of nitrogens with one attached hydrogen (secondary N) is 1. The van der Waals surface area contributed by atoms with Gasteiger partial charge in [0.05, 0.1) is 11.2 Å². The van der Waals surface area contributed by atoms with Crippen LogP contribution in [0.5, 0.6) is 0 Å². The summed E-state index contributed by atoms with van der Waals surface area (Å²) in [7, 11) is -1.47. The first-order chi connectivity index (χ1) is 12.6. The van der Waals surface area contributed by atoms with Gasteiger partial charge in [0.25, 0.3) is 0 Å². The van der Waals surface area contributed by atoms with E-state index in [2.05, 4.69) is 0 Å². The fourth-order valence-corrected chi connectivity index (χ4v) is 3.87. The van der Waals surface area contributed by atoms with Crippen LogP contribution in [0.15, 0.2) is 36.4 Å². The van der Waals surface area contributed by atoms with Crippen molar-refractivity contribution < 1.29 is 10.0 Å². The number of aryl methyl sites for hydroxylation is 1. The molecule has 1 aliphatic rings. The van der Waals surface area contributed by atoms with E-state index in [4.69, 9.17) is 16.1 Å². The minimum Gasteiger partial charge on any atom is -0.423 e. The number of fused-ring (bicyclic) bond motifs is 3. The van der Waals surface area contributed by atoms with Gasteiger partial charge in [-0.2, -0.15) is 0 Å². The maximum Gasteiger partial charge on any atom is 0.488 e. The Morgan fingerprint density at radius 3 is 2.35 bits per heavy atom. The summed E-state index contributed by atoms with van der Waals surface area (Å²) in [5.74, 6) is 0. The number of nitrogens with two attached hydrogens (primary N) is 1. The molecule has 0 bridgehead atoms. The summed E-state index contributed by atoms with van der Waals surface area (Å²) in [4.78, 5) is 4.90. The van der Waals surface area contributed by atoms with Gasteiger partial charge in [-0.05, 0) is 54.4 Å². The van der Waals surface area contributed by atoms with Crippen LogP contribution in [-0.4, -0.2) is 28.4 Å². The lowest BCUT2D eigenvalue weighted by molar-refractivity contribution is 0.426. The van der Waals surface area contributed by atoms with E-state index in [1.807, 2.05) is 18.2 Å². The van der Waals surface area contributed by atoms with E-state index in [0.29, 0.717) is 11.2 Å². The van der Waals surface area contributed by atoms with Crippen LogP contribution < -0.4 is 11.2 Å². The van der Waals surface area contributed by atoms with Crippen LogP contribution in [0.3, 0.4) is 0 Å². The van der Waals surface area contributed by atoms with Crippen LogP contribution in [0.25, 0.3) is 22.2 Å². The lowest BCUT2D eigenvalue weighted by atomic mass is 9.79. The average molecular weight is 345 g/mol. The Morgan fingerprint density at radius 1 is 1.00 bits per heavy atom. The smallest absolute Gasteiger partial charge is 0.423 e. The molecule has 3 aromatic rings. The van der Waals surface area contributed by atoms with Crippen LogP contribution in [0.1, 0.15) is 29.5 Å². The van der Waals surface area contributed by atoms with Crippen molar-refractivity contribution in [3.63, 3.8) is 0 Å². The Balaban J connectivity index is 1.99. The normalized spacial score (nSPS) is 13.5. The average Bonchev–Trinajstić information content (AvgIpc) is 2.67. The Morgan fingerprint density at radius 2 is 1.69 bits per heavy atom. The number of nitrogens with zero attached hydrogens (tertiary/aromatic N) is 1. The third-order valence-corrected chi connectivity index (χ3v) is 5.17. The number of nitrogen functional groups attached to an aromatic ring is 1. The topological polar surface area (TPSA) is 103 Å². The fraction of sp³-hybridized carbons (Fsp3) is 0.200. The van der Waals surface area contributed by atoms with E-state index >= 15 is 0 Å². The molecule has 1 heterocycles. The summed E-state index contributed by atoms with van der Waals surface area (Å²) >= 11 is 0. The van der Waals surface area contributed by atoms with Gasteiger partial charge < -0.3 is 21.2 Å². The van der Waals surface area contributed by atoms with Crippen LogP contribution in [0, 0.1) is 5.41 Å². The zero-order valence-electron chi connectivity index (χ0n) is 14.4. The van der Waals surface area contributed by atoms with Gasteiger partial charge in [0.15, 0.2) is 0 Å². The third kappa shape index (κ3) is 2.67. The third-order valence-electron chi connectivity index (χ3n) is 5.17. The van der Waals surface area contributed by atoms with Gasteiger partial charge in [0, 0.05) is 28.4 Å². The molecule has 0 unspecified atom stereocenters. The number of anilines is 1. The standard InChI is InChI=1S/C20H20BN3O2/c22-11-16-17(23)9-10-18-19(16)14-3-1-2-4-15(14)20(24-18)12-5-7-13(8-6-12)21(25)26/h5-11,22,25-26H,1-4,23H2. The van der Waals surface area contributed by atoms with Crippen molar-refractivity contribution in [2.24, 2.45) is 0 Å². The Bertz CT molecular complexity index is 1000. The number of pyridine rings is 1. The van der Waals surface area contributed by atoms with Gasteiger partial charge in [-0.3, -0.25) is 0 Å². The molecule has 5 nitrogen and oxygen atoms in total. The molecule has 5 N–H and O–H groups in total. The Kier molecular flexibility index (Phi) is 4.22. The Labute approximate surface area is 152 Å². The highest BCUT2D eigenvalue weighted by molar-refractivity contribution is 6.58. The minimum absolute atomic E-state index is 0.460. The number of hydrogen-bond acceptors (Lipinski definition) is 5. The lowest BCUT2D eigenvalue weighted by Gasteiger charge is -2.23. The largest absolute Gasteiger partial charge is 0.488 e. The fourth-order valence-electron chi connectivity index (χ4n) is 3.87. The van der Waals surface area contributed by atoms with Crippen LogP contribution in [0.2, 0.25) is 0 Å². The molecule has 0 fully saturated rings. The van der Waals surface area contributed by atoms with E-state index < -0.39 is 7.12 Å². The van der Waals surface area contributed by atoms with Crippen LogP contribution >= 0.6 is 0 Å². The number of hydrogen-bond donors (Lipinski definition) is 4. The highest BCUT2D eigenvalue weighted by atomic mass is 16.4. The molecule has 2 aromatic carbocycles. The summed E-state index contributed by atoms with van der Waals surface area (Å²) in [6, 6.07) is 10.9. The van der Waals surface area contributed by atoms with E-state index in [9.17, 15) is 10.0 Å². The van der Waals surface area contributed by atoms with Crippen molar-refractivity contribution in [2.45, 2.75) is 25.7 Å². The maximum atomic E-state index is 9.31. The van der Waals surface area contributed by atoms with Crippen molar-refractivity contribution in [3.05, 3.63) is 53.1 Å². The van der Waals surface area contributed by atoms with Gasteiger partial charge in [-0.1, -0.05) is 24.3 Å². The number of benzene rings is 2. The molecule has 26 heavy (non-hydrogen) atoms. The highest BCUT2D eigenvalue weighted by Gasteiger charge is 2.22. The molecule has 0 aliphatic heterocycles. The molecule has 0 atom stereocenters. The van der Waals surface area contributed by atoms with Gasteiger partial charge in [-0.25, -0.2) is 4.98 Å². The molecule has 0 saturated carbocycles. The zero-order valence-corrected chi connectivity index (χ0v) is 14.4. The molecule has 4 rings (SSSR count). The predicted molar refractivity (Wildman–Crippen MR) is 106 cm³/mol. The molecule has 0 spiro atoms.